The molecule has 0 spiro atoms. The lowest BCUT2D eigenvalue weighted by atomic mass is 10.0. The Morgan fingerprint density at radius 1 is 1.16 bits per heavy atom. The van der Waals surface area contributed by atoms with Crippen molar-refractivity contribution in [3.05, 3.63) is 53.1 Å². The second kappa shape index (κ2) is 4.43. The minimum atomic E-state index is -0.229. The highest BCUT2D eigenvalue weighted by molar-refractivity contribution is 5.79. The summed E-state index contributed by atoms with van der Waals surface area (Å²) in [5.74, 6) is 0.0643. The number of phenols is 1. The molecule has 0 unspecified atom stereocenters. The first-order valence-corrected chi connectivity index (χ1v) is 6.18. The quantitative estimate of drug-likeness (QED) is 0.715. The fourth-order valence-corrected chi connectivity index (χ4v) is 2.60. The summed E-state index contributed by atoms with van der Waals surface area (Å²) in [6, 6.07) is 11.5. The zero-order chi connectivity index (χ0) is 13.4. The molecule has 1 aliphatic carbocycles. The van der Waals surface area contributed by atoms with Gasteiger partial charge in [-0.05, 0) is 46.4 Å². The summed E-state index contributed by atoms with van der Waals surface area (Å²) in [6.45, 7) is 0. The number of ether oxygens (including phenoxy) is 1. The van der Waals surface area contributed by atoms with E-state index in [4.69, 9.17) is 0 Å². The van der Waals surface area contributed by atoms with Crippen molar-refractivity contribution >= 4 is 5.97 Å². The number of benzene rings is 2. The first-order chi connectivity index (χ1) is 9.17. The highest BCUT2D eigenvalue weighted by atomic mass is 16.5. The molecule has 0 aliphatic heterocycles. The molecule has 3 nitrogen and oxygen atoms in total. The largest absolute Gasteiger partial charge is 0.508 e. The van der Waals surface area contributed by atoms with E-state index in [0.717, 1.165) is 23.1 Å². The predicted octanol–water partition coefficient (Wildman–Crippen LogP) is 2.68. The molecule has 0 bridgehead atoms. The van der Waals surface area contributed by atoms with E-state index >= 15 is 0 Å². The van der Waals surface area contributed by atoms with Crippen LogP contribution in [0.25, 0.3) is 11.1 Å². The van der Waals surface area contributed by atoms with Crippen LogP contribution < -0.4 is 0 Å². The van der Waals surface area contributed by atoms with Crippen molar-refractivity contribution in [2.75, 3.05) is 7.11 Å². The normalized spacial score (nSPS) is 11.8. The van der Waals surface area contributed by atoms with E-state index in [9.17, 15) is 9.90 Å². The Labute approximate surface area is 111 Å². The van der Waals surface area contributed by atoms with Gasteiger partial charge in [-0.3, -0.25) is 4.79 Å². The first-order valence-electron chi connectivity index (χ1n) is 6.18. The molecule has 0 heterocycles. The molecule has 19 heavy (non-hydrogen) atoms. The van der Waals surface area contributed by atoms with Gasteiger partial charge in [0.2, 0.25) is 0 Å². The lowest BCUT2D eigenvalue weighted by molar-refractivity contribution is -0.139. The zero-order valence-corrected chi connectivity index (χ0v) is 10.6. The molecule has 0 fully saturated rings. The van der Waals surface area contributed by atoms with Gasteiger partial charge in [0.15, 0.2) is 0 Å². The van der Waals surface area contributed by atoms with Gasteiger partial charge >= 0.3 is 5.97 Å². The smallest absolute Gasteiger partial charge is 0.309 e. The van der Waals surface area contributed by atoms with Crippen molar-refractivity contribution < 1.29 is 14.6 Å². The molecule has 1 aliphatic rings. The molecular weight excluding hydrogens is 240 g/mol. The Bertz CT molecular complexity index is 659. The van der Waals surface area contributed by atoms with Crippen molar-refractivity contribution in [1.82, 2.24) is 0 Å². The molecule has 2 aromatic carbocycles. The summed E-state index contributed by atoms with van der Waals surface area (Å²) in [5, 5.41) is 9.52. The monoisotopic (exact) mass is 254 g/mol. The summed E-state index contributed by atoms with van der Waals surface area (Å²) < 4.78 is 4.68. The topological polar surface area (TPSA) is 46.5 Å². The Hall–Kier alpha value is -2.29. The molecule has 3 rings (SSSR count). The van der Waals surface area contributed by atoms with Crippen LogP contribution in [0.2, 0.25) is 0 Å². The van der Waals surface area contributed by atoms with Gasteiger partial charge < -0.3 is 9.84 Å². The van der Waals surface area contributed by atoms with E-state index < -0.39 is 0 Å². The number of hydrogen-bond donors (Lipinski definition) is 1. The Morgan fingerprint density at radius 3 is 2.58 bits per heavy atom. The maximum Gasteiger partial charge on any atom is 0.309 e. The fraction of sp³-hybridized carbons (Fsp3) is 0.188. The fourth-order valence-electron chi connectivity index (χ4n) is 2.60. The number of aromatic hydroxyl groups is 1. The Balaban J connectivity index is 1.96. The van der Waals surface area contributed by atoms with Crippen LogP contribution in [0.15, 0.2) is 36.4 Å². The molecule has 2 aromatic rings. The molecule has 3 heteroatoms. The van der Waals surface area contributed by atoms with Crippen LogP contribution in [0.4, 0.5) is 0 Å². The third-order valence-corrected chi connectivity index (χ3v) is 3.51. The van der Waals surface area contributed by atoms with Gasteiger partial charge in [-0.25, -0.2) is 0 Å². The molecule has 0 saturated heterocycles. The van der Waals surface area contributed by atoms with Gasteiger partial charge in [0.05, 0.1) is 13.5 Å². The predicted molar refractivity (Wildman–Crippen MR) is 72.1 cm³/mol. The molecule has 0 saturated carbocycles. The number of hydrogen-bond acceptors (Lipinski definition) is 3. The van der Waals surface area contributed by atoms with E-state index in [1.165, 1.54) is 18.2 Å². The molecule has 0 aromatic heterocycles. The summed E-state index contributed by atoms with van der Waals surface area (Å²) in [4.78, 5) is 11.3. The van der Waals surface area contributed by atoms with Gasteiger partial charge in [-0.1, -0.05) is 24.3 Å². The van der Waals surface area contributed by atoms with Crippen LogP contribution in [-0.4, -0.2) is 18.2 Å². The second-order valence-corrected chi connectivity index (χ2v) is 4.76. The van der Waals surface area contributed by atoms with Crippen molar-refractivity contribution in [1.29, 1.82) is 0 Å². The van der Waals surface area contributed by atoms with Gasteiger partial charge in [0.25, 0.3) is 0 Å². The lowest BCUT2D eigenvalue weighted by Crippen LogP contribution is -2.04. The number of carbonyl (C=O) groups is 1. The number of methoxy groups -OCH3 is 1. The lowest BCUT2D eigenvalue weighted by Gasteiger charge is -2.04. The standard InChI is InChI=1S/C16H14O3/c1-19-16(18)7-10-2-4-14-11(6-10)8-12-9-13(17)3-5-15(12)14/h2-6,9,17H,7-8H2,1H3. The van der Waals surface area contributed by atoms with Crippen LogP contribution in [0, 0.1) is 0 Å². The van der Waals surface area contributed by atoms with Crippen molar-refractivity contribution in [3.8, 4) is 16.9 Å². The SMILES string of the molecule is COC(=O)Cc1ccc2c(c1)Cc1cc(O)ccc1-2. The number of rotatable bonds is 2. The first kappa shape index (κ1) is 11.8. The summed E-state index contributed by atoms with van der Waals surface area (Å²) in [7, 11) is 1.40. The van der Waals surface area contributed by atoms with Crippen LogP contribution in [-0.2, 0) is 22.4 Å². The van der Waals surface area contributed by atoms with Crippen molar-refractivity contribution in [3.63, 3.8) is 0 Å². The molecule has 0 atom stereocenters. The van der Waals surface area contributed by atoms with Crippen LogP contribution in [0.3, 0.4) is 0 Å². The maximum atomic E-state index is 11.3. The van der Waals surface area contributed by atoms with Crippen LogP contribution in [0.1, 0.15) is 16.7 Å². The number of fused-ring (bicyclic) bond motifs is 3. The minimum absolute atomic E-state index is 0.229. The summed E-state index contributed by atoms with van der Waals surface area (Å²) in [5.41, 5.74) is 5.64. The van der Waals surface area contributed by atoms with Gasteiger partial charge in [-0.15, -0.1) is 0 Å². The van der Waals surface area contributed by atoms with Crippen LogP contribution >= 0.6 is 0 Å². The zero-order valence-electron chi connectivity index (χ0n) is 10.6. The number of carbonyl (C=O) groups excluding carboxylic acids is 1. The number of phenolic OH excluding ortho intramolecular Hbond substituents is 1. The second-order valence-electron chi connectivity index (χ2n) is 4.76. The van der Waals surface area contributed by atoms with Crippen molar-refractivity contribution in [2.45, 2.75) is 12.8 Å². The average molecular weight is 254 g/mol. The van der Waals surface area contributed by atoms with E-state index in [2.05, 4.69) is 4.74 Å². The Morgan fingerprint density at radius 2 is 1.84 bits per heavy atom. The average Bonchev–Trinajstić information content (AvgIpc) is 2.74. The number of esters is 1. The maximum absolute atomic E-state index is 11.3. The van der Waals surface area contributed by atoms with E-state index in [-0.39, 0.29) is 5.97 Å². The summed E-state index contributed by atoms with van der Waals surface area (Å²) >= 11 is 0. The van der Waals surface area contributed by atoms with Gasteiger partial charge in [-0.2, -0.15) is 0 Å². The van der Waals surface area contributed by atoms with Crippen LogP contribution in [0.5, 0.6) is 5.75 Å². The van der Waals surface area contributed by atoms with E-state index in [1.807, 2.05) is 24.3 Å². The molecule has 0 amide bonds. The van der Waals surface area contributed by atoms with Crippen molar-refractivity contribution in [2.24, 2.45) is 0 Å². The van der Waals surface area contributed by atoms with E-state index in [1.54, 1.807) is 12.1 Å². The van der Waals surface area contributed by atoms with Gasteiger partial charge in [0, 0.05) is 0 Å². The Kier molecular flexibility index (Phi) is 2.75. The summed E-state index contributed by atoms with van der Waals surface area (Å²) in [6.07, 6.45) is 1.10. The molecular formula is C16H14O3. The molecule has 1 N–H and O–H groups in total. The third-order valence-electron chi connectivity index (χ3n) is 3.51. The third kappa shape index (κ3) is 2.08. The highest BCUT2D eigenvalue weighted by Gasteiger charge is 2.19. The highest BCUT2D eigenvalue weighted by Crippen LogP contribution is 2.38. The van der Waals surface area contributed by atoms with Gasteiger partial charge in [0.1, 0.15) is 5.75 Å². The minimum Gasteiger partial charge on any atom is -0.508 e. The molecule has 96 valence electrons. The van der Waals surface area contributed by atoms with E-state index in [0.29, 0.717) is 12.2 Å². The molecule has 0 radical (unpaired) electrons.